The van der Waals surface area contributed by atoms with Crippen molar-refractivity contribution in [3.05, 3.63) is 84.3 Å². The molecule has 0 radical (unpaired) electrons. The molecule has 0 aliphatic carbocycles. The van der Waals surface area contributed by atoms with Crippen LogP contribution in [-0.2, 0) is 0 Å². The lowest BCUT2D eigenvalue weighted by atomic mass is 10.1. The van der Waals surface area contributed by atoms with E-state index in [1.165, 1.54) is 0 Å². The van der Waals surface area contributed by atoms with Gasteiger partial charge in [0, 0.05) is 28.7 Å². The lowest BCUT2D eigenvalue weighted by molar-refractivity contribution is 0.0935. The predicted octanol–water partition coefficient (Wildman–Crippen LogP) is 4.60. The van der Waals surface area contributed by atoms with Gasteiger partial charge in [-0.3, -0.25) is 14.9 Å². The summed E-state index contributed by atoms with van der Waals surface area (Å²) >= 11 is 0. The predicted molar refractivity (Wildman–Crippen MR) is 114 cm³/mol. The molecule has 2 aromatic carbocycles. The summed E-state index contributed by atoms with van der Waals surface area (Å²) in [6.45, 7) is 1.97. The number of benzene rings is 2. The fourth-order valence-electron chi connectivity index (χ4n) is 3.59. The molecule has 0 aliphatic heterocycles. The van der Waals surface area contributed by atoms with E-state index in [1.807, 2.05) is 61.5 Å². The van der Waals surface area contributed by atoms with Crippen LogP contribution in [0.3, 0.4) is 0 Å². The minimum Gasteiger partial charge on any atom is -0.344 e. The minimum absolute atomic E-state index is 0.0917. The first-order valence-electron chi connectivity index (χ1n) is 9.46. The molecule has 1 atom stereocenters. The molecule has 3 heterocycles. The van der Waals surface area contributed by atoms with E-state index >= 15 is 0 Å². The smallest absolute Gasteiger partial charge is 0.270 e. The maximum absolute atomic E-state index is 12.7. The number of hydrogen-bond acceptors (Lipinski definition) is 3. The molecule has 0 bridgehead atoms. The van der Waals surface area contributed by atoms with Gasteiger partial charge in [-0.2, -0.15) is 0 Å². The summed E-state index contributed by atoms with van der Waals surface area (Å²) in [5.74, 6) is -0.179. The van der Waals surface area contributed by atoms with E-state index in [9.17, 15) is 4.79 Å². The highest BCUT2D eigenvalue weighted by atomic mass is 16.1. The van der Waals surface area contributed by atoms with Gasteiger partial charge in [-0.15, -0.1) is 0 Å². The summed E-state index contributed by atoms with van der Waals surface area (Å²) in [6.07, 6.45) is 3.53. The quantitative estimate of drug-likeness (QED) is 0.425. The molecule has 3 aromatic heterocycles. The Hall–Kier alpha value is -3.93. The van der Waals surface area contributed by atoms with Crippen LogP contribution in [0.25, 0.3) is 33.1 Å². The standard InChI is InChI=1S/C23H19N5O/c1-14(15-5-3-2-4-6-15)25-23(29)21-12-17-11-18-20(13-19(17)26-21)27-28-22(18)16-7-9-24-10-8-16/h2-14,27-28H,1H3,(H,25,29). The first-order chi connectivity index (χ1) is 14.2. The lowest BCUT2D eigenvalue weighted by Crippen LogP contribution is -2.26. The molecule has 0 aliphatic rings. The summed E-state index contributed by atoms with van der Waals surface area (Å²) < 4.78 is 0. The molecular formula is C23H19N5O. The molecule has 0 saturated carbocycles. The van der Waals surface area contributed by atoms with Crippen molar-refractivity contribution in [1.82, 2.24) is 25.5 Å². The van der Waals surface area contributed by atoms with E-state index in [-0.39, 0.29) is 11.9 Å². The number of aromatic nitrogens is 4. The third-order valence-corrected chi connectivity index (χ3v) is 5.14. The summed E-state index contributed by atoms with van der Waals surface area (Å²) in [5.41, 5.74) is 5.22. The average molecular weight is 381 g/mol. The first kappa shape index (κ1) is 17.2. The van der Waals surface area contributed by atoms with Crippen LogP contribution in [0.1, 0.15) is 29.0 Å². The molecule has 1 unspecified atom stereocenters. The van der Waals surface area contributed by atoms with Crippen LogP contribution in [0, 0.1) is 0 Å². The Morgan fingerprint density at radius 3 is 2.59 bits per heavy atom. The van der Waals surface area contributed by atoms with Crippen LogP contribution >= 0.6 is 0 Å². The van der Waals surface area contributed by atoms with E-state index in [2.05, 4.69) is 31.5 Å². The highest BCUT2D eigenvalue weighted by Crippen LogP contribution is 2.30. The van der Waals surface area contributed by atoms with E-state index in [0.29, 0.717) is 5.69 Å². The molecule has 6 nitrogen and oxygen atoms in total. The molecule has 1 amide bonds. The number of nitrogens with zero attached hydrogens (tertiary/aromatic N) is 2. The van der Waals surface area contributed by atoms with E-state index in [4.69, 9.17) is 0 Å². The Morgan fingerprint density at radius 1 is 1.00 bits per heavy atom. The van der Waals surface area contributed by atoms with E-state index in [0.717, 1.165) is 38.6 Å². The second-order valence-electron chi connectivity index (χ2n) is 7.06. The fraction of sp³-hybridized carbons (Fsp3) is 0.0870. The molecule has 0 fully saturated rings. The van der Waals surface area contributed by atoms with Gasteiger partial charge in [0.2, 0.25) is 0 Å². The van der Waals surface area contributed by atoms with Gasteiger partial charge in [0.25, 0.3) is 5.91 Å². The summed E-state index contributed by atoms with van der Waals surface area (Å²) in [7, 11) is 0. The maximum Gasteiger partial charge on any atom is 0.270 e. The van der Waals surface area contributed by atoms with Gasteiger partial charge in [-0.25, -0.2) is 4.98 Å². The SMILES string of the molecule is CC(NC(=O)c1cc2cc3c(-c4ccncc4)[nH][nH]c3cc2n1)c1ccccc1. The Bertz CT molecular complexity index is 1300. The van der Waals surface area contributed by atoms with Crippen LogP contribution in [0.2, 0.25) is 0 Å². The van der Waals surface area contributed by atoms with Gasteiger partial charge in [0.1, 0.15) is 5.69 Å². The highest BCUT2D eigenvalue weighted by Gasteiger charge is 2.16. The number of nitrogens with one attached hydrogen (secondary N) is 3. The Labute approximate surface area is 167 Å². The fourth-order valence-corrected chi connectivity index (χ4v) is 3.59. The van der Waals surface area contributed by atoms with Gasteiger partial charge in [0.05, 0.1) is 22.8 Å². The number of carbonyl (C=O) groups is 1. The second kappa shape index (κ2) is 6.91. The average Bonchev–Trinajstić information content (AvgIpc) is 3.36. The normalized spacial score (nSPS) is 12.3. The number of hydrogen-bond donors (Lipinski definition) is 3. The van der Waals surface area contributed by atoms with Crippen molar-refractivity contribution in [3.63, 3.8) is 0 Å². The Morgan fingerprint density at radius 2 is 1.79 bits per heavy atom. The molecule has 29 heavy (non-hydrogen) atoms. The zero-order valence-electron chi connectivity index (χ0n) is 15.8. The molecule has 142 valence electrons. The van der Waals surface area contributed by atoms with Crippen LogP contribution in [0.15, 0.2) is 73.1 Å². The van der Waals surface area contributed by atoms with Crippen LogP contribution < -0.4 is 5.32 Å². The number of fused-ring (bicyclic) bond motifs is 2. The highest BCUT2D eigenvalue weighted by molar-refractivity contribution is 6.05. The first-order valence-corrected chi connectivity index (χ1v) is 9.46. The maximum atomic E-state index is 12.7. The lowest BCUT2D eigenvalue weighted by Gasteiger charge is -2.13. The van der Waals surface area contributed by atoms with Gasteiger partial charge in [-0.1, -0.05) is 30.3 Å². The van der Waals surface area contributed by atoms with Crippen molar-refractivity contribution < 1.29 is 4.79 Å². The molecule has 5 rings (SSSR count). The molecule has 5 aromatic rings. The third-order valence-electron chi connectivity index (χ3n) is 5.14. The number of pyridine rings is 1. The summed E-state index contributed by atoms with van der Waals surface area (Å²) in [6, 6.07) is 19.6. The van der Waals surface area contributed by atoms with Gasteiger partial charge >= 0.3 is 0 Å². The summed E-state index contributed by atoms with van der Waals surface area (Å²) in [4.78, 5) is 21.3. The minimum atomic E-state index is -0.179. The number of amides is 1. The van der Waals surface area contributed by atoms with E-state index < -0.39 is 0 Å². The van der Waals surface area contributed by atoms with Crippen molar-refractivity contribution >= 4 is 27.7 Å². The van der Waals surface area contributed by atoms with Crippen molar-refractivity contribution in [1.29, 1.82) is 0 Å². The van der Waals surface area contributed by atoms with Gasteiger partial charge in [0.15, 0.2) is 0 Å². The molecular weight excluding hydrogens is 362 g/mol. The van der Waals surface area contributed by atoms with Gasteiger partial charge in [-0.05, 0) is 42.8 Å². The van der Waals surface area contributed by atoms with Crippen molar-refractivity contribution in [2.24, 2.45) is 0 Å². The van der Waals surface area contributed by atoms with Crippen molar-refractivity contribution in [3.8, 4) is 11.3 Å². The zero-order chi connectivity index (χ0) is 19.8. The molecule has 3 N–H and O–H groups in total. The number of carbonyl (C=O) groups excluding carboxylic acids is 1. The van der Waals surface area contributed by atoms with Crippen molar-refractivity contribution in [2.45, 2.75) is 13.0 Å². The number of aromatic amines is 2. The summed E-state index contributed by atoms with van der Waals surface area (Å²) in [5, 5.41) is 11.4. The van der Waals surface area contributed by atoms with Gasteiger partial charge < -0.3 is 10.4 Å². The Kier molecular flexibility index (Phi) is 4.09. The van der Waals surface area contributed by atoms with Crippen molar-refractivity contribution in [2.75, 3.05) is 0 Å². The topological polar surface area (TPSA) is 86.5 Å². The molecule has 0 saturated heterocycles. The molecule has 6 heteroatoms. The largest absolute Gasteiger partial charge is 0.344 e. The monoisotopic (exact) mass is 381 g/mol. The molecule has 0 spiro atoms. The third kappa shape index (κ3) is 3.14. The second-order valence-corrected chi connectivity index (χ2v) is 7.06. The number of rotatable bonds is 4. The Balaban J connectivity index is 1.48. The van der Waals surface area contributed by atoms with Crippen LogP contribution in [0.4, 0.5) is 0 Å². The van der Waals surface area contributed by atoms with Crippen LogP contribution in [-0.4, -0.2) is 26.1 Å². The van der Waals surface area contributed by atoms with E-state index in [1.54, 1.807) is 12.4 Å². The zero-order valence-corrected chi connectivity index (χ0v) is 15.8. The number of H-pyrrole nitrogens is 2. The van der Waals surface area contributed by atoms with Crippen LogP contribution in [0.5, 0.6) is 0 Å².